The molecule has 10 N–H and O–H groups in total. The predicted octanol–water partition coefficient (Wildman–Crippen LogP) is -1.98. The number of carbonyl (C=O) groups excluding carboxylic acids is 1. The first-order chi connectivity index (χ1) is 22.1. The van der Waals surface area contributed by atoms with Crippen LogP contribution >= 0.6 is 0 Å². The monoisotopic (exact) mass is 672 g/mol. The molecule has 0 unspecified atom stereocenters. The van der Waals surface area contributed by atoms with Gasteiger partial charge in [-0.25, -0.2) is 0 Å². The zero-order valence-electron chi connectivity index (χ0n) is 26.7. The summed E-state index contributed by atoms with van der Waals surface area (Å²) in [7, 11) is 0. The fraction of sp³-hybridized carbons (Fsp3) is 0.781. The zero-order valence-corrected chi connectivity index (χ0v) is 26.7. The molecule has 2 aliphatic carbocycles. The van der Waals surface area contributed by atoms with E-state index in [1.54, 1.807) is 19.9 Å². The molecular formula is C32H48O15. The number of hydrogen-bond donors (Lipinski definition) is 10. The smallest absolute Gasteiger partial charge is 0.314 e. The van der Waals surface area contributed by atoms with Crippen molar-refractivity contribution in [1.82, 2.24) is 0 Å². The van der Waals surface area contributed by atoms with Gasteiger partial charge in [-0.1, -0.05) is 26.3 Å². The highest BCUT2D eigenvalue weighted by molar-refractivity contribution is 5.78. The number of rotatable bonds is 8. The van der Waals surface area contributed by atoms with E-state index in [0.29, 0.717) is 43.2 Å². The van der Waals surface area contributed by atoms with E-state index in [2.05, 4.69) is 0 Å². The second-order valence-corrected chi connectivity index (χ2v) is 14.0. The van der Waals surface area contributed by atoms with E-state index in [4.69, 9.17) is 18.9 Å². The first-order valence-corrected chi connectivity index (χ1v) is 16.1. The number of aromatic hydroxyl groups is 1. The molecule has 2 saturated heterocycles. The summed E-state index contributed by atoms with van der Waals surface area (Å²) in [6, 6.07) is 1.80. The molecule has 266 valence electrons. The molecule has 1 aromatic carbocycles. The van der Waals surface area contributed by atoms with E-state index in [0.717, 1.165) is 5.56 Å². The summed E-state index contributed by atoms with van der Waals surface area (Å²) in [6.45, 7) is 3.68. The highest BCUT2D eigenvalue weighted by atomic mass is 16.7. The summed E-state index contributed by atoms with van der Waals surface area (Å²) >= 11 is 0. The van der Waals surface area contributed by atoms with Gasteiger partial charge in [0, 0.05) is 29.1 Å². The number of phenolic OH excluding ortho intramolecular Hbond substituents is 1. The largest absolute Gasteiger partial charge is 0.504 e. The third kappa shape index (κ3) is 6.03. The SMILES string of the molecule is C[C@H](CO)c1cc2c(c(O)c1O[C@@H]1O[C@H](CO)[C@@H](O)[C@H](O)[C@H]1O)[C@@]1(C)CCC[C@](C)(C(=O)O[C@@H]3O[C@H](CO)[C@@H](O)[C@H](O)[C@H]3O)[C@@H]1CC2. The maximum absolute atomic E-state index is 13.9. The summed E-state index contributed by atoms with van der Waals surface area (Å²) < 4.78 is 22.7. The van der Waals surface area contributed by atoms with Crippen LogP contribution in [-0.2, 0) is 30.8 Å². The molecule has 2 heterocycles. The molecular weight excluding hydrogens is 624 g/mol. The van der Waals surface area contributed by atoms with Gasteiger partial charge in [-0.15, -0.1) is 0 Å². The Bertz CT molecular complexity index is 1290. The minimum absolute atomic E-state index is 0.118. The van der Waals surface area contributed by atoms with Gasteiger partial charge in [-0.05, 0) is 44.1 Å². The van der Waals surface area contributed by atoms with Gasteiger partial charge in [-0.2, -0.15) is 0 Å². The van der Waals surface area contributed by atoms with E-state index in [9.17, 15) is 55.9 Å². The number of ether oxygens (including phenoxy) is 4. The number of benzene rings is 1. The van der Waals surface area contributed by atoms with Crippen molar-refractivity contribution >= 4 is 5.97 Å². The number of carbonyl (C=O) groups is 1. The first-order valence-electron chi connectivity index (χ1n) is 16.1. The fourth-order valence-corrected chi connectivity index (χ4v) is 8.19. The molecule has 4 aliphatic rings. The van der Waals surface area contributed by atoms with Crippen LogP contribution in [0.2, 0.25) is 0 Å². The minimum Gasteiger partial charge on any atom is -0.504 e. The third-order valence-corrected chi connectivity index (χ3v) is 11.0. The molecule has 1 aromatic rings. The van der Waals surface area contributed by atoms with E-state index in [1.165, 1.54) is 0 Å². The Kier molecular flexibility index (Phi) is 10.5. The van der Waals surface area contributed by atoms with E-state index in [1.807, 2.05) is 6.92 Å². The van der Waals surface area contributed by atoms with Crippen LogP contribution in [0.4, 0.5) is 0 Å². The van der Waals surface area contributed by atoms with Gasteiger partial charge < -0.3 is 70.0 Å². The van der Waals surface area contributed by atoms with Crippen molar-refractivity contribution in [3.8, 4) is 11.5 Å². The lowest BCUT2D eigenvalue weighted by atomic mass is 9.49. The Hall–Kier alpha value is -2.15. The number of esters is 1. The van der Waals surface area contributed by atoms with Crippen LogP contribution in [-0.4, -0.2) is 138 Å². The van der Waals surface area contributed by atoms with Crippen molar-refractivity contribution < 1.29 is 74.8 Å². The Morgan fingerprint density at radius 1 is 0.894 bits per heavy atom. The second-order valence-electron chi connectivity index (χ2n) is 14.0. The van der Waals surface area contributed by atoms with Gasteiger partial charge in [0.1, 0.15) is 48.8 Å². The summed E-state index contributed by atoms with van der Waals surface area (Å²) in [5, 5.41) is 103. The molecule has 14 atom stereocenters. The number of hydrogen-bond acceptors (Lipinski definition) is 15. The first kappa shape index (κ1) is 36.1. The normalized spacial score (nSPS) is 42.6. The molecule has 0 radical (unpaired) electrons. The Morgan fingerprint density at radius 3 is 2.04 bits per heavy atom. The van der Waals surface area contributed by atoms with Crippen LogP contribution in [0.3, 0.4) is 0 Å². The second kappa shape index (κ2) is 13.6. The number of aliphatic hydroxyl groups is 9. The van der Waals surface area contributed by atoms with Crippen LogP contribution in [0.1, 0.15) is 69.1 Å². The maximum Gasteiger partial charge on any atom is 0.314 e. The molecule has 0 aromatic heterocycles. The van der Waals surface area contributed by atoms with Gasteiger partial charge in [0.15, 0.2) is 11.5 Å². The average Bonchev–Trinajstić information content (AvgIpc) is 3.05. The highest BCUT2D eigenvalue weighted by Crippen LogP contribution is 2.61. The summed E-state index contributed by atoms with van der Waals surface area (Å²) in [6.07, 6.45) is -13.5. The number of fused-ring (bicyclic) bond motifs is 3. The van der Waals surface area contributed by atoms with Crippen LogP contribution < -0.4 is 4.74 Å². The van der Waals surface area contributed by atoms with Gasteiger partial charge in [0.2, 0.25) is 12.6 Å². The van der Waals surface area contributed by atoms with Gasteiger partial charge >= 0.3 is 5.97 Å². The zero-order chi connectivity index (χ0) is 34.6. The van der Waals surface area contributed by atoms with Crippen molar-refractivity contribution in [2.24, 2.45) is 11.3 Å². The lowest BCUT2D eigenvalue weighted by Crippen LogP contribution is -2.61. The minimum atomic E-state index is -1.76. The van der Waals surface area contributed by atoms with E-state index >= 15 is 0 Å². The maximum atomic E-state index is 13.9. The van der Waals surface area contributed by atoms with Crippen LogP contribution in [0.15, 0.2) is 6.07 Å². The Morgan fingerprint density at radius 2 is 1.47 bits per heavy atom. The van der Waals surface area contributed by atoms with Crippen molar-refractivity contribution in [3.05, 3.63) is 22.8 Å². The molecule has 1 saturated carbocycles. The highest BCUT2D eigenvalue weighted by Gasteiger charge is 2.58. The molecule has 0 amide bonds. The third-order valence-electron chi connectivity index (χ3n) is 11.0. The predicted molar refractivity (Wildman–Crippen MR) is 159 cm³/mol. The molecule has 47 heavy (non-hydrogen) atoms. The Labute approximate surface area is 271 Å². The molecule has 5 rings (SSSR count). The number of phenols is 1. The van der Waals surface area contributed by atoms with Crippen LogP contribution in [0.5, 0.6) is 11.5 Å². The van der Waals surface area contributed by atoms with Crippen molar-refractivity contribution in [2.45, 2.75) is 126 Å². The van der Waals surface area contributed by atoms with Crippen LogP contribution in [0, 0.1) is 11.3 Å². The van der Waals surface area contributed by atoms with Crippen molar-refractivity contribution in [2.75, 3.05) is 19.8 Å². The number of aryl methyl sites for hydroxylation is 1. The lowest BCUT2D eigenvalue weighted by Gasteiger charge is -2.54. The van der Waals surface area contributed by atoms with E-state index in [-0.39, 0.29) is 18.1 Å². The Balaban J connectivity index is 1.50. The molecule has 2 aliphatic heterocycles. The average molecular weight is 673 g/mol. The standard InChI is InChI=1S/C32H48O15/c1-13(10-33)15-9-14-5-6-18-31(2,19(14)22(38)27(15)46-28-25(41)23(39)20(36)16(11-34)44-28)7-4-8-32(18,3)30(43)47-29-26(42)24(40)21(37)17(12-35)45-29/h9,13,16-18,20-21,23-26,28-29,33-42H,4-8,10-12H2,1-3H3/t13-,16-,17-,18-,20-,21-,23+,24+,25-,26-,28+,29+,31+,32+/m1/s1. The topological polar surface area (TPSA) is 256 Å². The van der Waals surface area contributed by atoms with E-state index < -0.39 is 103 Å². The van der Waals surface area contributed by atoms with Gasteiger partial charge in [-0.3, -0.25) is 4.79 Å². The van der Waals surface area contributed by atoms with Crippen molar-refractivity contribution in [3.63, 3.8) is 0 Å². The molecule has 15 nitrogen and oxygen atoms in total. The molecule has 0 bridgehead atoms. The van der Waals surface area contributed by atoms with Crippen molar-refractivity contribution in [1.29, 1.82) is 0 Å². The van der Waals surface area contributed by atoms with Gasteiger partial charge in [0.05, 0.1) is 18.6 Å². The molecule has 3 fully saturated rings. The molecule has 0 spiro atoms. The quantitative estimate of drug-likeness (QED) is 0.134. The lowest BCUT2D eigenvalue weighted by molar-refractivity contribution is -0.296. The summed E-state index contributed by atoms with van der Waals surface area (Å²) in [4.78, 5) is 13.9. The molecule has 15 heteroatoms. The summed E-state index contributed by atoms with van der Waals surface area (Å²) in [5.41, 5.74) is -0.333. The van der Waals surface area contributed by atoms with Crippen LogP contribution in [0.25, 0.3) is 0 Å². The fourth-order valence-electron chi connectivity index (χ4n) is 8.19. The van der Waals surface area contributed by atoms with Gasteiger partial charge in [0.25, 0.3) is 0 Å². The number of aliphatic hydroxyl groups excluding tert-OH is 9. The summed E-state index contributed by atoms with van der Waals surface area (Å²) in [5.74, 6) is -2.09.